The van der Waals surface area contributed by atoms with Crippen molar-refractivity contribution in [3.05, 3.63) is 33.4 Å². The van der Waals surface area contributed by atoms with Crippen LogP contribution in [0.1, 0.15) is 18.9 Å². The zero-order chi connectivity index (χ0) is 29.9. The van der Waals surface area contributed by atoms with Gasteiger partial charge in [-0.15, -0.1) is 0 Å². The Balaban J connectivity index is 3.65. The summed E-state index contributed by atoms with van der Waals surface area (Å²) in [6.45, 7) is 0.530. The van der Waals surface area contributed by atoms with Crippen LogP contribution in [-0.4, -0.2) is 54.7 Å². The van der Waals surface area contributed by atoms with Crippen LogP contribution < -0.4 is 0 Å². The van der Waals surface area contributed by atoms with E-state index in [1.807, 2.05) is 0 Å². The van der Waals surface area contributed by atoms with Crippen LogP contribution in [0.5, 0.6) is 0 Å². The van der Waals surface area contributed by atoms with Crippen molar-refractivity contribution in [2.45, 2.75) is 66.6 Å². The number of benzene rings is 1. The first-order valence-electron chi connectivity index (χ1n) is 9.04. The minimum atomic E-state index is -8.65. The van der Waals surface area contributed by atoms with Crippen LogP contribution in [0, 0.1) is 3.57 Å². The van der Waals surface area contributed by atoms with Gasteiger partial charge in [0.25, 0.3) is 0 Å². The Kier molecular flexibility index (Phi) is 8.60. The van der Waals surface area contributed by atoms with E-state index in [1.165, 1.54) is 0 Å². The summed E-state index contributed by atoms with van der Waals surface area (Å²) in [6, 6.07) is 4.13. The van der Waals surface area contributed by atoms with Gasteiger partial charge in [-0.05, 0) is 47.2 Å². The molecule has 1 rings (SSSR count). The topological polar surface area (TPSA) is 9.23 Å². The van der Waals surface area contributed by atoms with Gasteiger partial charge >= 0.3 is 47.6 Å². The first-order valence-corrected chi connectivity index (χ1v) is 10.1. The molecule has 0 amide bonds. The highest BCUT2D eigenvalue weighted by molar-refractivity contribution is 14.1. The molecule has 0 heterocycles. The van der Waals surface area contributed by atoms with E-state index in [2.05, 4.69) is 4.74 Å². The number of rotatable bonds is 10. The first-order chi connectivity index (χ1) is 16.0. The molecular formula is C18H12F17IO. The molecule has 0 aliphatic rings. The van der Waals surface area contributed by atoms with Gasteiger partial charge in [-0.1, -0.05) is 12.1 Å². The molecule has 0 bridgehead atoms. The van der Waals surface area contributed by atoms with Crippen molar-refractivity contribution in [2.24, 2.45) is 0 Å². The van der Waals surface area contributed by atoms with Gasteiger partial charge in [-0.2, -0.15) is 74.6 Å². The monoisotopic (exact) mass is 694 g/mol. The molecule has 0 aliphatic heterocycles. The molecule has 1 nitrogen and oxygen atoms in total. The molecule has 0 N–H and O–H groups in total. The molecule has 0 saturated carbocycles. The van der Waals surface area contributed by atoms with Gasteiger partial charge < -0.3 is 4.74 Å². The van der Waals surface area contributed by atoms with Crippen LogP contribution in [0.25, 0.3) is 0 Å². The number of methoxy groups -OCH3 is 1. The molecule has 0 fully saturated rings. The predicted octanol–water partition coefficient (Wildman–Crippen LogP) is 8.55. The highest BCUT2D eigenvalue weighted by Gasteiger charge is 2.95. The van der Waals surface area contributed by atoms with E-state index in [1.54, 1.807) is 22.6 Å². The lowest BCUT2D eigenvalue weighted by Gasteiger charge is -2.44. The molecule has 37 heavy (non-hydrogen) atoms. The SMILES string of the molecule is COC(C)(CC(F)(F)C(F)(F)C(F)(F)C(F)(F)C(F)(F)C(F)(F)C(F)(F)C(F)(F)F)c1ccc(I)cc1. The van der Waals surface area contributed by atoms with Gasteiger partial charge in [0.1, 0.15) is 0 Å². The maximum absolute atomic E-state index is 14.4. The van der Waals surface area contributed by atoms with Crippen molar-refractivity contribution in [2.75, 3.05) is 7.11 Å². The molecule has 1 aromatic carbocycles. The number of ether oxygens (including phenoxy) is 1. The fraction of sp³-hybridized carbons (Fsp3) is 0.667. The Bertz CT molecular complexity index is 954. The number of alkyl halides is 17. The van der Waals surface area contributed by atoms with Gasteiger partial charge in [-0.25, -0.2) is 0 Å². The van der Waals surface area contributed by atoms with E-state index in [4.69, 9.17) is 0 Å². The molecule has 1 unspecified atom stereocenters. The second-order valence-electron chi connectivity index (χ2n) is 7.77. The second kappa shape index (κ2) is 9.42. The normalized spacial score (nSPS) is 17.1. The molecule has 0 radical (unpaired) electrons. The third-order valence-corrected chi connectivity index (χ3v) is 5.97. The minimum Gasteiger partial charge on any atom is -0.374 e. The molecule has 216 valence electrons. The zero-order valence-corrected chi connectivity index (χ0v) is 19.9. The Morgan fingerprint density at radius 2 is 0.892 bits per heavy atom. The maximum atomic E-state index is 14.4. The molecule has 0 saturated heterocycles. The molecule has 0 aliphatic carbocycles. The summed E-state index contributed by atoms with van der Waals surface area (Å²) in [6.07, 6.45) is -10.5. The average Bonchev–Trinajstić information content (AvgIpc) is 2.72. The molecule has 1 aromatic rings. The van der Waals surface area contributed by atoms with Crippen molar-refractivity contribution < 1.29 is 79.4 Å². The van der Waals surface area contributed by atoms with Gasteiger partial charge in [0.2, 0.25) is 0 Å². The van der Waals surface area contributed by atoms with E-state index in [-0.39, 0.29) is 0 Å². The Hall–Kier alpha value is -1.28. The predicted molar refractivity (Wildman–Crippen MR) is 98.8 cm³/mol. The van der Waals surface area contributed by atoms with Crippen molar-refractivity contribution in [1.82, 2.24) is 0 Å². The van der Waals surface area contributed by atoms with E-state index >= 15 is 0 Å². The highest BCUT2D eigenvalue weighted by Crippen LogP contribution is 2.64. The van der Waals surface area contributed by atoms with Crippen LogP contribution in [-0.2, 0) is 10.3 Å². The first kappa shape index (κ1) is 33.7. The summed E-state index contributed by atoms with van der Waals surface area (Å²) >= 11 is 1.67. The average molecular weight is 694 g/mol. The van der Waals surface area contributed by atoms with Gasteiger partial charge in [0.15, 0.2) is 0 Å². The van der Waals surface area contributed by atoms with Crippen LogP contribution in [0.4, 0.5) is 74.6 Å². The standard InChI is InChI=1S/C18H12F17IO/c1-10(37-2,8-3-5-9(36)6-4-8)7-11(19,20)12(21,22)13(23,24)14(25,26)15(27,28)16(29,30)17(31,32)18(33,34)35/h3-6H,7H2,1-2H3. The third-order valence-electron chi connectivity index (χ3n) is 5.25. The largest absolute Gasteiger partial charge is 0.460 e. The fourth-order valence-electron chi connectivity index (χ4n) is 2.83. The molecule has 19 heteroatoms. The summed E-state index contributed by atoms with van der Waals surface area (Å²) in [5, 5.41) is 0. The summed E-state index contributed by atoms with van der Waals surface area (Å²) in [5.74, 6) is -56.6. The number of halogens is 18. The summed E-state index contributed by atoms with van der Waals surface area (Å²) in [4.78, 5) is 0. The van der Waals surface area contributed by atoms with E-state index < -0.39 is 65.2 Å². The Labute approximate surface area is 209 Å². The lowest BCUT2D eigenvalue weighted by Crippen LogP contribution is -2.74. The lowest BCUT2D eigenvalue weighted by molar-refractivity contribution is -0.462. The second-order valence-corrected chi connectivity index (χ2v) is 9.01. The van der Waals surface area contributed by atoms with E-state index in [0.717, 1.165) is 24.3 Å². The maximum Gasteiger partial charge on any atom is 0.460 e. The van der Waals surface area contributed by atoms with Crippen LogP contribution in [0.3, 0.4) is 0 Å². The van der Waals surface area contributed by atoms with Gasteiger partial charge in [0, 0.05) is 10.7 Å². The lowest BCUT2D eigenvalue weighted by atomic mass is 9.83. The van der Waals surface area contributed by atoms with E-state index in [0.29, 0.717) is 17.6 Å². The minimum absolute atomic E-state index is 0.405. The Morgan fingerprint density at radius 3 is 1.22 bits per heavy atom. The van der Waals surface area contributed by atoms with Crippen LogP contribution in [0.2, 0.25) is 0 Å². The molecule has 0 aromatic heterocycles. The number of hydrogen-bond acceptors (Lipinski definition) is 1. The quantitative estimate of drug-likeness (QED) is 0.176. The Morgan fingerprint density at radius 1 is 0.568 bits per heavy atom. The zero-order valence-electron chi connectivity index (χ0n) is 17.7. The molecule has 0 spiro atoms. The van der Waals surface area contributed by atoms with E-state index in [9.17, 15) is 74.6 Å². The molecule has 1 atom stereocenters. The summed E-state index contributed by atoms with van der Waals surface area (Å²) in [5.41, 5.74) is -3.25. The van der Waals surface area contributed by atoms with Gasteiger partial charge in [-0.3, -0.25) is 0 Å². The smallest absolute Gasteiger partial charge is 0.374 e. The van der Waals surface area contributed by atoms with Crippen LogP contribution >= 0.6 is 22.6 Å². The summed E-state index contributed by atoms with van der Waals surface area (Å²) < 4.78 is 233. The van der Waals surface area contributed by atoms with Crippen molar-refractivity contribution in [3.8, 4) is 0 Å². The highest BCUT2D eigenvalue weighted by atomic mass is 127. The summed E-state index contributed by atoms with van der Waals surface area (Å²) in [7, 11) is 0.548. The van der Waals surface area contributed by atoms with Crippen molar-refractivity contribution >= 4 is 22.6 Å². The van der Waals surface area contributed by atoms with Crippen molar-refractivity contribution in [1.29, 1.82) is 0 Å². The fourth-order valence-corrected chi connectivity index (χ4v) is 3.19. The van der Waals surface area contributed by atoms with Gasteiger partial charge in [0.05, 0.1) is 12.0 Å². The third kappa shape index (κ3) is 4.94. The molecular weight excluding hydrogens is 682 g/mol. The van der Waals surface area contributed by atoms with Crippen LogP contribution in [0.15, 0.2) is 24.3 Å². The number of hydrogen-bond donors (Lipinski definition) is 0. The van der Waals surface area contributed by atoms with Crippen molar-refractivity contribution in [3.63, 3.8) is 0 Å².